The lowest BCUT2D eigenvalue weighted by Gasteiger charge is -2.12. The third-order valence-corrected chi connectivity index (χ3v) is 10.6. The lowest BCUT2D eigenvalue weighted by Crippen LogP contribution is -2.00. The number of para-hydroxylation sites is 2. The van der Waals surface area contributed by atoms with Gasteiger partial charge in [-0.15, -0.1) is 0 Å². The summed E-state index contributed by atoms with van der Waals surface area (Å²) in [5.41, 5.74) is 13.5. The molecule has 0 aliphatic carbocycles. The Morgan fingerprint density at radius 3 is 1.57 bits per heavy atom. The molecule has 7 aromatic carbocycles. The maximum absolute atomic E-state index is 4.97. The minimum absolute atomic E-state index is 0.642. The van der Waals surface area contributed by atoms with Crippen molar-refractivity contribution >= 4 is 32.7 Å². The molecule has 10 aromatic rings. The van der Waals surface area contributed by atoms with E-state index in [1.807, 2.05) is 60.7 Å². The van der Waals surface area contributed by atoms with Crippen molar-refractivity contribution in [1.82, 2.24) is 24.1 Å². The lowest BCUT2D eigenvalue weighted by molar-refractivity contribution is 1.04. The van der Waals surface area contributed by atoms with Gasteiger partial charge in [0.2, 0.25) is 0 Å². The molecule has 5 nitrogen and oxygen atoms in total. The standard InChI is InChI=1S/C49H35N5/c1-32-33(2)53(39-21-10-5-11-22-39)44-30-29-42-41-23-12-13-24-43(41)54(46(42)45(32)44)40-27-25-34(26-28-40)37-19-14-20-38(31-37)49-51-47(35-15-6-3-7-16-35)50-48(52-49)36-17-8-4-9-18-36/h3-31H,1-2H3. The van der Waals surface area contributed by atoms with Crippen LogP contribution in [0.5, 0.6) is 0 Å². The summed E-state index contributed by atoms with van der Waals surface area (Å²) in [5, 5.41) is 3.78. The highest BCUT2D eigenvalue weighted by Gasteiger charge is 2.21. The van der Waals surface area contributed by atoms with Crippen molar-refractivity contribution in [2.24, 2.45) is 0 Å². The first kappa shape index (κ1) is 31.6. The molecule has 3 aromatic heterocycles. The van der Waals surface area contributed by atoms with Crippen LogP contribution in [0.1, 0.15) is 11.3 Å². The van der Waals surface area contributed by atoms with Gasteiger partial charge in [0, 0.05) is 49.9 Å². The van der Waals surface area contributed by atoms with E-state index in [0.717, 1.165) is 33.5 Å². The fourth-order valence-electron chi connectivity index (χ4n) is 7.89. The zero-order valence-electron chi connectivity index (χ0n) is 30.0. The molecule has 0 N–H and O–H groups in total. The molecule has 5 heteroatoms. The highest BCUT2D eigenvalue weighted by Crippen LogP contribution is 2.41. The molecule has 0 radical (unpaired) electrons. The Morgan fingerprint density at radius 1 is 0.370 bits per heavy atom. The molecule has 0 amide bonds. The van der Waals surface area contributed by atoms with E-state index in [-0.39, 0.29) is 0 Å². The second-order valence-electron chi connectivity index (χ2n) is 13.8. The van der Waals surface area contributed by atoms with Crippen LogP contribution in [-0.2, 0) is 0 Å². The Hall–Kier alpha value is -7.11. The molecule has 256 valence electrons. The molecule has 0 aliphatic rings. The number of nitrogens with zero attached hydrogens (tertiary/aromatic N) is 5. The summed E-state index contributed by atoms with van der Waals surface area (Å²) in [5.74, 6) is 1.95. The van der Waals surface area contributed by atoms with Gasteiger partial charge in [0.15, 0.2) is 17.5 Å². The topological polar surface area (TPSA) is 48.5 Å². The Morgan fingerprint density at radius 2 is 0.907 bits per heavy atom. The normalized spacial score (nSPS) is 11.5. The van der Waals surface area contributed by atoms with Gasteiger partial charge in [-0.2, -0.15) is 0 Å². The predicted molar refractivity (Wildman–Crippen MR) is 222 cm³/mol. The van der Waals surface area contributed by atoms with Crippen LogP contribution in [0.4, 0.5) is 0 Å². The van der Waals surface area contributed by atoms with Gasteiger partial charge in [-0.1, -0.05) is 133 Å². The van der Waals surface area contributed by atoms with Crippen molar-refractivity contribution in [2.45, 2.75) is 13.8 Å². The number of benzene rings is 7. The Labute approximate surface area is 313 Å². The van der Waals surface area contributed by atoms with E-state index in [9.17, 15) is 0 Å². The van der Waals surface area contributed by atoms with Crippen molar-refractivity contribution in [3.8, 4) is 56.7 Å². The van der Waals surface area contributed by atoms with Crippen molar-refractivity contribution in [2.75, 3.05) is 0 Å². The van der Waals surface area contributed by atoms with E-state index in [1.54, 1.807) is 0 Å². The van der Waals surface area contributed by atoms with Gasteiger partial charge in [0.1, 0.15) is 0 Å². The highest BCUT2D eigenvalue weighted by atomic mass is 15.0. The average molecular weight is 694 g/mol. The SMILES string of the molecule is Cc1c(C)n(-c2ccccc2)c2ccc3c4ccccc4n(-c4ccc(-c5cccc(-c6nc(-c7ccccc7)nc(-c7ccccc7)n6)c5)cc4)c3c12. The van der Waals surface area contributed by atoms with E-state index in [0.29, 0.717) is 17.5 Å². The smallest absolute Gasteiger partial charge is 0.164 e. The van der Waals surface area contributed by atoms with Crippen molar-refractivity contribution in [1.29, 1.82) is 0 Å². The van der Waals surface area contributed by atoms with E-state index in [4.69, 9.17) is 15.0 Å². The molecule has 0 fully saturated rings. The van der Waals surface area contributed by atoms with Gasteiger partial charge in [-0.3, -0.25) is 0 Å². The fraction of sp³-hybridized carbons (Fsp3) is 0.0408. The van der Waals surface area contributed by atoms with Crippen LogP contribution in [-0.4, -0.2) is 24.1 Å². The Bertz CT molecular complexity index is 2920. The first-order valence-electron chi connectivity index (χ1n) is 18.3. The largest absolute Gasteiger partial charge is 0.314 e. The number of fused-ring (bicyclic) bond motifs is 5. The van der Waals surface area contributed by atoms with Crippen LogP contribution in [0.2, 0.25) is 0 Å². The van der Waals surface area contributed by atoms with E-state index < -0.39 is 0 Å². The van der Waals surface area contributed by atoms with Gasteiger partial charge in [0.25, 0.3) is 0 Å². The zero-order valence-corrected chi connectivity index (χ0v) is 30.0. The van der Waals surface area contributed by atoms with E-state index in [1.165, 1.54) is 49.7 Å². The molecule has 0 saturated carbocycles. The van der Waals surface area contributed by atoms with Crippen LogP contribution < -0.4 is 0 Å². The molecule has 0 saturated heterocycles. The molecule has 3 heterocycles. The van der Waals surface area contributed by atoms with Crippen molar-refractivity contribution < 1.29 is 0 Å². The third kappa shape index (κ3) is 5.21. The van der Waals surface area contributed by atoms with Crippen molar-refractivity contribution in [3.05, 3.63) is 187 Å². The summed E-state index contributed by atoms with van der Waals surface area (Å²) in [6.45, 7) is 4.48. The summed E-state index contributed by atoms with van der Waals surface area (Å²) in [4.78, 5) is 14.8. The molecule has 10 rings (SSSR count). The van der Waals surface area contributed by atoms with E-state index >= 15 is 0 Å². The summed E-state index contributed by atoms with van der Waals surface area (Å²) in [6.07, 6.45) is 0. The summed E-state index contributed by atoms with van der Waals surface area (Å²) < 4.78 is 4.83. The minimum Gasteiger partial charge on any atom is -0.314 e. The number of aryl methyl sites for hydroxylation is 1. The summed E-state index contributed by atoms with van der Waals surface area (Å²) in [6, 6.07) is 61.6. The van der Waals surface area contributed by atoms with Gasteiger partial charge in [-0.25, -0.2) is 15.0 Å². The molecular formula is C49H35N5. The maximum Gasteiger partial charge on any atom is 0.164 e. The van der Waals surface area contributed by atoms with Crippen LogP contribution >= 0.6 is 0 Å². The van der Waals surface area contributed by atoms with Crippen LogP contribution in [0.25, 0.3) is 89.4 Å². The second kappa shape index (κ2) is 12.8. The number of aromatic nitrogens is 5. The zero-order chi connectivity index (χ0) is 36.2. The number of rotatable bonds is 6. The number of hydrogen-bond donors (Lipinski definition) is 0. The lowest BCUT2D eigenvalue weighted by atomic mass is 10.0. The maximum atomic E-state index is 4.97. The first-order valence-corrected chi connectivity index (χ1v) is 18.3. The molecular weight excluding hydrogens is 659 g/mol. The number of hydrogen-bond acceptors (Lipinski definition) is 3. The third-order valence-electron chi connectivity index (χ3n) is 10.6. The Kier molecular flexibility index (Phi) is 7.51. The molecule has 0 aliphatic heterocycles. The Balaban J connectivity index is 1.09. The molecule has 0 bridgehead atoms. The van der Waals surface area contributed by atoms with E-state index in [2.05, 4.69) is 138 Å². The second-order valence-corrected chi connectivity index (χ2v) is 13.8. The monoisotopic (exact) mass is 693 g/mol. The van der Waals surface area contributed by atoms with Gasteiger partial charge < -0.3 is 9.13 Å². The van der Waals surface area contributed by atoms with Gasteiger partial charge >= 0.3 is 0 Å². The predicted octanol–water partition coefficient (Wildman–Crippen LogP) is 12.2. The summed E-state index contributed by atoms with van der Waals surface area (Å²) >= 11 is 0. The first-order chi connectivity index (χ1) is 26.6. The summed E-state index contributed by atoms with van der Waals surface area (Å²) in [7, 11) is 0. The van der Waals surface area contributed by atoms with Gasteiger partial charge in [-0.05, 0) is 73.0 Å². The van der Waals surface area contributed by atoms with Crippen molar-refractivity contribution in [3.63, 3.8) is 0 Å². The van der Waals surface area contributed by atoms with Gasteiger partial charge in [0.05, 0.1) is 16.6 Å². The molecule has 0 atom stereocenters. The molecule has 0 spiro atoms. The highest BCUT2D eigenvalue weighted by molar-refractivity contribution is 6.19. The molecule has 54 heavy (non-hydrogen) atoms. The van der Waals surface area contributed by atoms with Crippen LogP contribution in [0.3, 0.4) is 0 Å². The molecule has 0 unspecified atom stereocenters. The van der Waals surface area contributed by atoms with Crippen LogP contribution in [0.15, 0.2) is 176 Å². The fourth-order valence-corrected chi connectivity index (χ4v) is 7.89. The average Bonchev–Trinajstić information content (AvgIpc) is 3.72. The minimum atomic E-state index is 0.642. The quantitative estimate of drug-likeness (QED) is 0.174. The van der Waals surface area contributed by atoms with Crippen LogP contribution in [0, 0.1) is 13.8 Å².